The van der Waals surface area contributed by atoms with Crippen LogP contribution < -0.4 is 4.57 Å². The second-order valence-electron chi connectivity index (χ2n) is 3.02. The minimum atomic E-state index is 0.868. The zero-order valence-corrected chi connectivity index (χ0v) is 7.86. The summed E-state index contributed by atoms with van der Waals surface area (Å²) in [5, 5.41) is 0. The summed E-state index contributed by atoms with van der Waals surface area (Å²) in [4.78, 5) is 0. The molecule has 0 aliphatic rings. The minimum absolute atomic E-state index is 0.868. The zero-order chi connectivity index (χ0) is 8.81. The maximum Gasteiger partial charge on any atom is 0.243 e. The van der Waals surface area contributed by atoms with Crippen molar-refractivity contribution in [3.8, 4) is 0 Å². The third-order valence-corrected chi connectivity index (χ3v) is 1.84. The Morgan fingerprint density at radius 2 is 2.25 bits per heavy atom. The Bertz CT molecular complexity index is 220. The molecule has 0 unspecified atom stereocenters. The van der Waals surface area contributed by atoms with Crippen molar-refractivity contribution in [2.75, 3.05) is 13.7 Å². The van der Waals surface area contributed by atoms with Crippen LogP contribution >= 0.6 is 0 Å². The van der Waals surface area contributed by atoms with Gasteiger partial charge in [-0.1, -0.05) is 0 Å². The molecule has 1 heterocycles. The molecule has 1 rings (SSSR count). The number of rotatable bonds is 5. The largest absolute Gasteiger partial charge is 0.385 e. The van der Waals surface area contributed by atoms with Crippen LogP contribution in [0.3, 0.4) is 0 Å². The molecule has 0 atom stereocenters. The second-order valence-corrected chi connectivity index (χ2v) is 3.02. The summed E-state index contributed by atoms with van der Waals surface area (Å²) in [5.41, 5.74) is 0. The van der Waals surface area contributed by atoms with Gasteiger partial charge in [0.05, 0.1) is 13.6 Å². The van der Waals surface area contributed by atoms with Crippen LogP contribution in [-0.4, -0.2) is 18.3 Å². The van der Waals surface area contributed by atoms with Crippen LogP contribution in [0.4, 0.5) is 0 Å². The minimum Gasteiger partial charge on any atom is -0.385 e. The van der Waals surface area contributed by atoms with Crippen molar-refractivity contribution in [3.63, 3.8) is 0 Å². The fourth-order valence-corrected chi connectivity index (χ4v) is 1.17. The van der Waals surface area contributed by atoms with Gasteiger partial charge in [-0.3, -0.25) is 0 Å². The van der Waals surface area contributed by atoms with E-state index in [1.807, 2.05) is 7.05 Å². The number of ether oxygens (including phenoxy) is 1. The summed E-state index contributed by atoms with van der Waals surface area (Å²) in [5.74, 6) is 0. The van der Waals surface area contributed by atoms with Crippen LogP contribution in [0, 0.1) is 0 Å². The summed E-state index contributed by atoms with van der Waals surface area (Å²) in [7, 11) is 3.78. The molecule has 0 fully saturated rings. The number of methoxy groups -OCH3 is 1. The van der Waals surface area contributed by atoms with Crippen molar-refractivity contribution in [2.24, 2.45) is 7.05 Å². The quantitative estimate of drug-likeness (QED) is 0.469. The van der Waals surface area contributed by atoms with Crippen molar-refractivity contribution >= 4 is 0 Å². The first kappa shape index (κ1) is 9.26. The lowest BCUT2D eigenvalue weighted by Gasteiger charge is -1.96. The third-order valence-electron chi connectivity index (χ3n) is 1.84. The van der Waals surface area contributed by atoms with E-state index in [4.69, 9.17) is 4.74 Å². The first-order valence-corrected chi connectivity index (χ1v) is 4.33. The molecule has 0 aromatic carbocycles. The molecule has 0 bridgehead atoms. The molecule has 0 spiro atoms. The van der Waals surface area contributed by atoms with E-state index in [1.165, 1.54) is 6.42 Å². The number of imidazole rings is 1. The van der Waals surface area contributed by atoms with E-state index in [0.717, 1.165) is 19.6 Å². The molecule has 0 aliphatic heterocycles. The highest BCUT2D eigenvalue weighted by atomic mass is 16.5. The molecule has 0 amide bonds. The molecule has 68 valence electrons. The smallest absolute Gasteiger partial charge is 0.243 e. The standard InChI is InChI=1S/C9H17N2O/c1-10-6-7-11(9-10)5-3-4-8-12-2/h6-7,9H,3-5,8H2,1-2H3/q+1. The second kappa shape index (κ2) is 4.93. The molecule has 0 saturated heterocycles. The molecule has 0 radical (unpaired) electrons. The SMILES string of the molecule is COCCCCn1cc[n+](C)c1. The Hall–Kier alpha value is -0.830. The number of aromatic nitrogens is 2. The van der Waals surface area contributed by atoms with Gasteiger partial charge in [-0.05, 0) is 12.8 Å². The topological polar surface area (TPSA) is 18.0 Å². The zero-order valence-electron chi connectivity index (χ0n) is 7.86. The lowest BCUT2D eigenvalue weighted by Crippen LogP contribution is -2.23. The van der Waals surface area contributed by atoms with Crippen LogP contribution in [0.15, 0.2) is 18.7 Å². The van der Waals surface area contributed by atoms with Gasteiger partial charge in [-0.15, -0.1) is 0 Å². The van der Waals surface area contributed by atoms with E-state index < -0.39 is 0 Å². The van der Waals surface area contributed by atoms with E-state index in [-0.39, 0.29) is 0 Å². The molecule has 3 heteroatoms. The highest BCUT2D eigenvalue weighted by Gasteiger charge is 1.98. The predicted molar refractivity (Wildman–Crippen MR) is 46.7 cm³/mol. The van der Waals surface area contributed by atoms with Gasteiger partial charge >= 0.3 is 0 Å². The maximum absolute atomic E-state index is 4.97. The number of aryl methyl sites for hydroxylation is 2. The first-order valence-electron chi connectivity index (χ1n) is 4.33. The molecule has 0 aliphatic carbocycles. The Kier molecular flexibility index (Phi) is 3.80. The van der Waals surface area contributed by atoms with Gasteiger partial charge in [0, 0.05) is 13.7 Å². The predicted octanol–water partition coefficient (Wildman–Crippen LogP) is 0.739. The Morgan fingerprint density at radius 1 is 1.42 bits per heavy atom. The normalized spacial score (nSPS) is 10.5. The van der Waals surface area contributed by atoms with Gasteiger partial charge in [-0.25, -0.2) is 9.13 Å². The fraction of sp³-hybridized carbons (Fsp3) is 0.667. The fourth-order valence-electron chi connectivity index (χ4n) is 1.17. The van der Waals surface area contributed by atoms with Crippen LogP contribution in [0.1, 0.15) is 12.8 Å². The van der Waals surface area contributed by atoms with Crippen molar-refractivity contribution in [1.29, 1.82) is 0 Å². The molecule has 12 heavy (non-hydrogen) atoms. The molecule has 3 nitrogen and oxygen atoms in total. The van der Waals surface area contributed by atoms with Crippen LogP contribution in [0.5, 0.6) is 0 Å². The number of nitrogens with zero attached hydrogens (tertiary/aromatic N) is 2. The van der Waals surface area contributed by atoms with Gasteiger partial charge in [0.2, 0.25) is 6.33 Å². The van der Waals surface area contributed by atoms with Gasteiger partial charge in [-0.2, -0.15) is 0 Å². The highest BCUT2D eigenvalue weighted by Crippen LogP contribution is 1.93. The highest BCUT2D eigenvalue weighted by molar-refractivity contribution is 4.65. The van der Waals surface area contributed by atoms with Gasteiger partial charge in [0.1, 0.15) is 12.4 Å². The summed E-state index contributed by atoms with van der Waals surface area (Å²) in [6, 6.07) is 0. The lowest BCUT2D eigenvalue weighted by molar-refractivity contribution is -0.671. The molecular formula is C9H17N2O+. The average molecular weight is 169 g/mol. The third kappa shape index (κ3) is 3.05. The first-order chi connectivity index (χ1) is 5.83. The van der Waals surface area contributed by atoms with Crippen LogP contribution in [-0.2, 0) is 18.3 Å². The van der Waals surface area contributed by atoms with E-state index >= 15 is 0 Å². The maximum atomic E-state index is 4.97. The van der Waals surface area contributed by atoms with Crippen molar-refractivity contribution in [2.45, 2.75) is 19.4 Å². The van der Waals surface area contributed by atoms with E-state index in [0.29, 0.717) is 0 Å². The lowest BCUT2D eigenvalue weighted by atomic mass is 10.3. The molecule has 1 aromatic heterocycles. The number of hydrogen-bond donors (Lipinski definition) is 0. The van der Waals surface area contributed by atoms with Gasteiger partial charge in [0.25, 0.3) is 0 Å². The Morgan fingerprint density at radius 3 is 2.83 bits per heavy atom. The molecule has 1 aromatic rings. The van der Waals surface area contributed by atoms with Gasteiger partial charge < -0.3 is 4.74 Å². The summed E-state index contributed by atoms with van der Waals surface area (Å²) >= 11 is 0. The molecular weight excluding hydrogens is 152 g/mol. The average Bonchev–Trinajstić information content (AvgIpc) is 2.45. The van der Waals surface area contributed by atoms with Crippen molar-refractivity contribution in [3.05, 3.63) is 18.7 Å². The van der Waals surface area contributed by atoms with Crippen molar-refractivity contribution < 1.29 is 9.30 Å². The van der Waals surface area contributed by atoms with Crippen molar-refractivity contribution in [1.82, 2.24) is 4.57 Å². The molecule has 0 saturated carbocycles. The number of hydrogen-bond acceptors (Lipinski definition) is 1. The van der Waals surface area contributed by atoms with E-state index in [2.05, 4.69) is 27.9 Å². The van der Waals surface area contributed by atoms with Crippen LogP contribution in [0.25, 0.3) is 0 Å². The Labute approximate surface area is 73.6 Å². The van der Waals surface area contributed by atoms with E-state index in [9.17, 15) is 0 Å². The number of unbranched alkanes of at least 4 members (excludes halogenated alkanes) is 1. The van der Waals surface area contributed by atoms with Gasteiger partial charge in [0.15, 0.2) is 0 Å². The molecule has 0 N–H and O–H groups in total. The van der Waals surface area contributed by atoms with E-state index in [1.54, 1.807) is 7.11 Å². The summed E-state index contributed by atoms with van der Waals surface area (Å²) < 4.78 is 9.21. The monoisotopic (exact) mass is 169 g/mol. The van der Waals surface area contributed by atoms with Crippen LogP contribution in [0.2, 0.25) is 0 Å². The Balaban J connectivity index is 2.15. The summed E-state index contributed by atoms with van der Waals surface area (Å²) in [6.07, 6.45) is 8.55. The summed E-state index contributed by atoms with van der Waals surface area (Å²) in [6.45, 7) is 1.96.